The average Bonchev–Trinajstić information content (AvgIpc) is 2.92. The van der Waals surface area contributed by atoms with Crippen LogP contribution in [0.25, 0.3) is 0 Å². The third-order valence-electron chi connectivity index (χ3n) is 4.35. The fraction of sp³-hybridized carbons (Fsp3) is 0.500. The second kappa shape index (κ2) is 4.77. The van der Waals surface area contributed by atoms with Gasteiger partial charge in [-0.05, 0) is 30.9 Å². The van der Waals surface area contributed by atoms with E-state index in [9.17, 15) is 0 Å². The van der Waals surface area contributed by atoms with E-state index in [2.05, 4.69) is 42.2 Å². The van der Waals surface area contributed by atoms with Gasteiger partial charge in [0.1, 0.15) is 5.75 Å². The number of likely N-dealkylation sites (tertiary alicyclic amines) is 1. The summed E-state index contributed by atoms with van der Waals surface area (Å²) in [5.41, 5.74) is 2.99. The van der Waals surface area contributed by atoms with Crippen molar-refractivity contribution < 1.29 is 4.74 Å². The first kappa shape index (κ1) is 11.8. The van der Waals surface area contributed by atoms with Gasteiger partial charge in [-0.3, -0.25) is 4.90 Å². The molecule has 2 nitrogen and oxygen atoms in total. The van der Waals surface area contributed by atoms with Gasteiger partial charge in [0.15, 0.2) is 0 Å². The lowest BCUT2D eigenvalue weighted by Gasteiger charge is -2.16. The maximum absolute atomic E-state index is 5.55. The van der Waals surface area contributed by atoms with Crippen LogP contribution in [0.15, 0.2) is 30.4 Å². The Balaban J connectivity index is 1.84. The van der Waals surface area contributed by atoms with Crippen molar-refractivity contribution >= 4 is 0 Å². The highest BCUT2D eigenvalue weighted by atomic mass is 16.5. The molecule has 1 aromatic rings. The molecule has 18 heavy (non-hydrogen) atoms. The highest BCUT2D eigenvalue weighted by Crippen LogP contribution is 2.46. The van der Waals surface area contributed by atoms with Crippen LogP contribution in [0, 0.1) is 5.92 Å². The predicted octanol–water partition coefficient (Wildman–Crippen LogP) is 2.84. The van der Waals surface area contributed by atoms with E-state index in [0.29, 0.717) is 5.92 Å². The Hall–Kier alpha value is -1.28. The maximum atomic E-state index is 5.55. The Morgan fingerprint density at radius 3 is 3.06 bits per heavy atom. The van der Waals surface area contributed by atoms with Crippen molar-refractivity contribution in [2.24, 2.45) is 5.92 Å². The quantitative estimate of drug-likeness (QED) is 0.757. The van der Waals surface area contributed by atoms with E-state index in [1.54, 1.807) is 7.11 Å². The smallest absolute Gasteiger partial charge is 0.122 e. The van der Waals surface area contributed by atoms with E-state index in [1.165, 1.54) is 30.6 Å². The van der Waals surface area contributed by atoms with Crippen molar-refractivity contribution in [3.8, 4) is 5.75 Å². The Morgan fingerprint density at radius 2 is 2.28 bits per heavy atom. The number of ether oxygens (including phenoxy) is 1. The Morgan fingerprint density at radius 1 is 1.39 bits per heavy atom. The van der Waals surface area contributed by atoms with Crippen LogP contribution in [0.1, 0.15) is 24.0 Å². The molecule has 1 saturated heterocycles. The van der Waals surface area contributed by atoms with Crippen molar-refractivity contribution in [2.45, 2.75) is 19.3 Å². The molecule has 0 bridgehead atoms. The minimum absolute atomic E-state index is 0.682. The first-order valence-corrected chi connectivity index (χ1v) is 6.82. The van der Waals surface area contributed by atoms with E-state index in [1.807, 2.05) is 0 Å². The molecule has 96 valence electrons. The molecular formula is C16H21NO. The first-order chi connectivity index (χ1) is 8.83. The second-order valence-electron chi connectivity index (χ2n) is 5.39. The summed E-state index contributed by atoms with van der Waals surface area (Å²) in [6.07, 6.45) is 5.62. The standard InChI is InChI=1S/C16H21NO/c1-3-4-8-17-10-13-9-12-6-5-7-15(18-2)16(12)14(13)11-17/h3-7,13-14H,8-11H2,1-2H3. The number of fused-ring (bicyclic) bond motifs is 3. The molecule has 0 saturated carbocycles. The largest absolute Gasteiger partial charge is 0.496 e. The molecular weight excluding hydrogens is 222 g/mol. The lowest BCUT2D eigenvalue weighted by Crippen LogP contribution is -2.21. The lowest BCUT2D eigenvalue weighted by atomic mass is 9.96. The van der Waals surface area contributed by atoms with Crippen molar-refractivity contribution in [3.05, 3.63) is 41.5 Å². The molecule has 0 spiro atoms. The van der Waals surface area contributed by atoms with Crippen LogP contribution in [0.4, 0.5) is 0 Å². The van der Waals surface area contributed by atoms with Gasteiger partial charge in [0.25, 0.3) is 0 Å². The second-order valence-corrected chi connectivity index (χ2v) is 5.39. The van der Waals surface area contributed by atoms with E-state index in [4.69, 9.17) is 4.74 Å². The van der Waals surface area contributed by atoms with Gasteiger partial charge >= 0.3 is 0 Å². The molecule has 1 fully saturated rings. The number of benzene rings is 1. The molecule has 1 aromatic carbocycles. The molecule has 3 rings (SSSR count). The fourth-order valence-corrected chi connectivity index (χ4v) is 3.55. The van der Waals surface area contributed by atoms with Gasteiger partial charge in [-0.1, -0.05) is 24.3 Å². The van der Waals surface area contributed by atoms with Gasteiger partial charge in [-0.25, -0.2) is 0 Å². The molecule has 1 aliphatic carbocycles. The number of hydrogen-bond donors (Lipinski definition) is 0. The van der Waals surface area contributed by atoms with Crippen LogP contribution in [0.2, 0.25) is 0 Å². The van der Waals surface area contributed by atoms with Crippen LogP contribution >= 0.6 is 0 Å². The van der Waals surface area contributed by atoms with Gasteiger partial charge in [-0.2, -0.15) is 0 Å². The summed E-state index contributed by atoms with van der Waals surface area (Å²) in [6.45, 7) is 5.60. The zero-order chi connectivity index (χ0) is 12.5. The summed E-state index contributed by atoms with van der Waals surface area (Å²) in [7, 11) is 1.79. The van der Waals surface area contributed by atoms with Crippen molar-refractivity contribution in [3.63, 3.8) is 0 Å². The van der Waals surface area contributed by atoms with Crippen LogP contribution in [-0.2, 0) is 6.42 Å². The van der Waals surface area contributed by atoms with Gasteiger partial charge in [0.2, 0.25) is 0 Å². The maximum Gasteiger partial charge on any atom is 0.122 e. The molecule has 0 aromatic heterocycles. The number of nitrogens with zero attached hydrogens (tertiary/aromatic N) is 1. The molecule has 1 aliphatic heterocycles. The molecule has 2 heteroatoms. The van der Waals surface area contributed by atoms with E-state index in [-0.39, 0.29) is 0 Å². The zero-order valence-electron chi connectivity index (χ0n) is 11.2. The average molecular weight is 243 g/mol. The van der Waals surface area contributed by atoms with E-state index in [0.717, 1.165) is 18.2 Å². The molecule has 2 aliphatic rings. The van der Waals surface area contributed by atoms with Crippen molar-refractivity contribution in [2.75, 3.05) is 26.7 Å². The molecule has 1 heterocycles. The lowest BCUT2D eigenvalue weighted by molar-refractivity contribution is 0.355. The number of hydrogen-bond acceptors (Lipinski definition) is 2. The van der Waals surface area contributed by atoms with Gasteiger partial charge in [-0.15, -0.1) is 0 Å². The summed E-state index contributed by atoms with van der Waals surface area (Å²) in [5.74, 6) is 2.57. The number of allylic oxidation sites excluding steroid dienone is 1. The molecule has 2 atom stereocenters. The fourth-order valence-electron chi connectivity index (χ4n) is 3.55. The predicted molar refractivity (Wildman–Crippen MR) is 74.2 cm³/mol. The minimum atomic E-state index is 0.682. The highest BCUT2D eigenvalue weighted by molar-refractivity contribution is 5.48. The van der Waals surface area contributed by atoms with Gasteiger partial charge < -0.3 is 4.74 Å². The van der Waals surface area contributed by atoms with Crippen LogP contribution in [0.3, 0.4) is 0 Å². The van der Waals surface area contributed by atoms with Crippen molar-refractivity contribution in [1.29, 1.82) is 0 Å². The number of methoxy groups -OCH3 is 1. The SMILES string of the molecule is CC=CCN1CC2Cc3cccc(OC)c3C2C1. The van der Waals surface area contributed by atoms with E-state index >= 15 is 0 Å². The summed E-state index contributed by atoms with van der Waals surface area (Å²) < 4.78 is 5.55. The molecule has 0 radical (unpaired) electrons. The van der Waals surface area contributed by atoms with Crippen LogP contribution in [0.5, 0.6) is 5.75 Å². The van der Waals surface area contributed by atoms with Crippen LogP contribution < -0.4 is 4.74 Å². The summed E-state index contributed by atoms with van der Waals surface area (Å²) in [6, 6.07) is 6.50. The Labute approximate surface area is 109 Å². The Bertz CT molecular complexity index is 466. The first-order valence-electron chi connectivity index (χ1n) is 6.82. The summed E-state index contributed by atoms with van der Waals surface area (Å²) >= 11 is 0. The number of rotatable bonds is 3. The van der Waals surface area contributed by atoms with Gasteiger partial charge in [0.05, 0.1) is 7.11 Å². The summed E-state index contributed by atoms with van der Waals surface area (Å²) in [5, 5.41) is 0. The highest BCUT2D eigenvalue weighted by Gasteiger charge is 2.40. The normalized spacial score (nSPS) is 26.6. The zero-order valence-corrected chi connectivity index (χ0v) is 11.2. The van der Waals surface area contributed by atoms with Gasteiger partial charge in [0, 0.05) is 31.1 Å². The summed E-state index contributed by atoms with van der Waals surface area (Å²) in [4.78, 5) is 2.56. The monoisotopic (exact) mass is 243 g/mol. The van der Waals surface area contributed by atoms with Crippen LogP contribution in [-0.4, -0.2) is 31.6 Å². The molecule has 0 N–H and O–H groups in total. The molecule has 0 amide bonds. The molecule has 2 unspecified atom stereocenters. The topological polar surface area (TPSA) is 12.5 Å². The third-order valence-corrected chi connectivity index (χ3v) is 4.35. The van der Waals surface area contributed by atoms with Crippen molar-refractivity contribution in [1.82, 2.24) is 4.90 Å². The Kier molecular flexibility index (Phi) is 3.13. The minimum Gasteiger partial charge on any atom is -0.496 e. The van der Waals surface area contributed by atoms with E-state index < -0.39 is 0 Å². The third kappa shape index (κ3) is 1.85.